The molecule has 1 atom stereocenters. The fourth-order valence-corrected chi connectivity index (χ4v) is 2.64. The summed E-state index contributed by atoms with van der Waals surface area (Å²) in [7, 11) is 0. The van der Waals surface area contributed by atoms with Crippen molar-refractivity contribution in [1.29, 1.82) is 0 Å². The van der Waals surface area contributed by atoms with Gasteiger partial charge in [-0.3, -0.25) is 4.79 Å². The van der Waals surface area contributed by atoms with Gasteiger partial charge in [-0.05, 0) is 50.0 Å². The lowest BCUT2D eigenvalue weighted by Crippen LogP contribution is -2.14. The number of nitrogens with one attached hydrogen (secondary N) is 2. The van der Waals surface area contributed by atoms with Crippen LogP contribution in [0.25, 0.3) is 11.1 Å². The van der Waals surface area contributed by atoms with Crippen molar-refractivity contribution in [2.24, 2.45) is 5.92 Å². The summed E-state index contributed by atoms with van der Waals surface area (Å²) in [6.45, 7) is 3.93. The van der Waals surface area contributed by atoms with E-state index in [4.69, 9.17) is 4.42 Å². The number of amides is 1. The van der Waals surface area contributed by atoms with Crippen molar-refractivity contribution in [2.75, 3.05) is 18.4 Å². The third-order valence-electron chi connectivity index (χ3n) is 3.72. The van der Waals surface area contributed by atoms with E-state index in [0.29, 0.717) is 18.2 Å². The molecule has 3 rings (SSSR count). The summed E-state index contributed by atoms with van der Waals surface area (Å²) in [5.41, 5.74) is 2.30. The lowest BCUT2D eigenvalue weighted by molar-refractivity contribution is -0.116. The van der Waals surface area contributed by atoms with Gasteiger partial charge < -0.3 is 15.1 Å². The van der Waals surface area contributed by atoms with Crippen LogP contribution in [0.15, 0.2) is 22.6 Å². The second-order valence-corrected chi connectivity index (χ2v) is 5.36. The molecule has 1 amide bonds. The van der Waals surface area contributed by atoms with Crippen LogP contribution in [0.4, 0.5) is 5.69 Å². The minimum Gasteiger partial charge on any atom is -0.441 e. The van der Waals surface area contributed by atoms with Gasteiger partial charge in [0.15, 0.2) is 11.5 Å². The van der Waals surface area contributed by atoms with E-state index in [1.807, 2.05) is 25.1 Å². The summed E-state index contributed by atoms with van der Waals surface area (Å²) in [4.78, 5) is 16.2. The molecule has 106 valence electrons. The van der Waals surface area contributed by atoms with Gasteiger partial charge in [0.2, 0.25) is 5.91 Å². The van der Waals surface area contributed by atoms with Gasteiger partial charge in [-0.15, -0.1) is 0 Å². The molecule has 5 heteroatoms. The standard InChI is InChI=1S/C15H19N3O2/c1-10-17-13-8-12(3-4-14(13)20-10)18-15(19)5-2-11-6-7-16-9-11/h3-4,8,11,16H,2,5-7,9H2,1H3,(H,18,19). The lowest BCUT2D eigenvalue weighted by atomic mass is 10.0. The van der Waals surface area contributed by atoms with Crippen LogP contribution in [0.1, 0.15) is 25.2 Å². The van der Waals surface area contributed by atoms with Crippen molar-refractivity contribution in [3.8, 4) is 0 Å². The predicted molar refractivity (Wildman–Crippen MR) is 77.6 cm³/mol. The number of fused-ring (bicyclic) bond motifs is 1. The largest absolute Gasteiger partial charge is 0.441 e. The van der Waals surface area contributed by atoms with E-state index in [9.17, 15) is 4.79 Å². The Morgan fingerprint density at radius 2 is 2.45 bits per heavy atom. The molecule has 1 fully saturated rings. The topological polar surface area (TPSA) is 67.2 Å². The van der Waals surface area contributed by atoms with Crippen molar-refractivity contribution in [1.82, 2.24) is 10.3 Å². The summed E-state index contributed by atoms with van der Waals surface area (Å²) >= 11 is 0. The van der Waals surface area contributed by atoms with Gasteiger partial charge in [0, 0.05) is 19.0 Å². The van der Waals surface area contributed by atoms with Crippen molar-refractivity contribution in [2.45, 2.75) is 26.2 Å². The Hall–Kier alpha value is -1.88. The van der Waals surface area contributed by atoms with Crippen LogP contribution in [-0.2, 0) is 4.79 Å². The first-order valence-corrected chi connectivity index (χ1v) is 7.08. The van der Waals surface area contributed by atoms with E-state index in [1.54, 1.807) is 0 Å². The molecule has 1 aliphatic rings. The van der Waals surface area contributed by atoms with Crippen LogP contribution in [0.5, 0.6) is 0 Å². The highest BCUT2D eigenvalue weighted by atomic mass is 16.3. The lowest BCUT2D eigenvalue weighted by Gasteiger charge is -2.08. The Morgan fingerprint density at radius 3 is 3.25 bits per heavy atom. The van der Waals surface area contributed by atoms with Gasteiger partial charge in [0.25, 0.3) is 0 Å². The Morgan fingerprint density at radius 1 is 1.55 bits per heavy atom. The molecule has 1 saturated heterocycles. The highest BCUT2D eigenvalue weighted by Crippen LogP contribution is 2.20. The molecular weight excluding hydrogens is 254 g/mol. The highest BCUT2D eigenvalue weighted by Gasteiger charge is 2.15. The maximum Gasteiger partial charge on any atom is 0.224 e. The van der Waals surface area contributed by atoms with E-state index in [2.05, 4.69) is 15.6 Å². The normalized spacial score (nSPS) is 18.6. The zero-order valence-electron chi connectivity index (χ0n) is 11.6. The molecule has 1 aromatic heterocycles. The van der Waals surface area contributed by atoms with Crippen molar-refractivity contribution in [3.63, 3.8) is 0 Å². The van der Waals surface area contributed by atoms with Crippen molar-refractivity contribution >= 4 is 22.7 Å². The van der Waals surface area contributed by atoms with Crippen LogP contribution in [0, 0.1) is 12.8 Å². The van der Waals surface area contributed by atoms with Gasteiger partial charge in [-0.2, -0.15) is 0 Å². The summed E-state index contributed by atoms with van der Waals surface area (Å²) in [6, 6.07) is 5.54. The number of carbonyl (C=O) groups is 1. The molecule has 2 N–H and O–H groups in total. The number of hydrogen-bond donors (Lipinski definition) is 2. The van der Waals surface area contributed by atoms with Crippen LogP contribution in [0.2, 0.25) is 0 Å². The summed E-state index contributed by atoms with van der Waals surface area (Å²) in [6.07, 6.45) is 2.70. The Labute approximate surface area is 117 Å². The number of benzene rings is 1. The molecule has 1 aromatic carbocycles. The molecule has 0 radical (unpaired) electrons. The molecule has 0 saturated carbocycles. The smallest absolute Gasteiger partial charge is 0.224 e. The van der Waals surface area contributed by atoms with E-state index >= 15 is 0 Å². The number of rotatable bonds is 4. The number of aryl methyl sites for hydroxylation is 1. The van der Waals surface area contributed by atoms with E-state index < -0.39 is 0 Å². The number of oxazole rings is 1. The third-order valence-corrected chi connectivity index (χ3v) is 3.72. The first-order valence-electron chi connectivity index (χ1n) is 7.08. The van der Waals surface area contributed by atoms with Gasteiger partial charge in [-0.25, -0.2) is 4.98 Å². The van der Waals surface area contributed by atoms with Gasteiger partial charge in [-0.1, -0.05) is 0 Å². The number of carbonyl (C=O) groups excluding carboxylic acids is 1. The quantitative estimate of drug-likeness (QED) is 0.898. The minimum absolute atomic E-state index is 0.0662. The monoisotopic (exact) mass is 273 g/mol. The van der Waals surface area contributed by atoms with Gasteiger partial charge in [0.1, 0.15) is 5.52 Å². The summed E-state index contributed by atoms with van der Waals surface area (Å²) < 4.78 is 5.41. The summed E-state index contributed by atoms with van der Waals surface area (Å²) in [5.74, 6) is 1.34. The van der Waals surface area contributed by atoms with Crippen LogP contribution in [0.3, 0.4) is 0 Å². The number of aromatic nitrogens is 1. The molecule has 2 heterocycles. The third kappa shape index (κ3) is 2.99. The predicted octanol–water partition coefficient (Wildman–Crippen LogP) is 2.46. The van der Waals surface area contributed by atoms with E-state index in [0.717, 1.165) is 36.3 Å². The van der Waals surface area contributed by atoms with E-state index in [1.165, 1.54) is 6.42 Å². The fourth-order valence-electron chi connectivity index (χ4n) is 2.64. The number of nitrogens with zero attached hydrogens (tertiary/aromatic N) is 1. The first-order chi connectivity index (χ1) is 9.70. The molecular formula is C15H19N3O2. The molecule has 1 aliphatic heterocycles. The average Bonchev–Trinajstić information content (AvgIpc) is 3.04. The summed E-state index contributed by atoms with van der Waals surface area (Å²) in [5, 5.41) is 6.24. The maximum absolute atomic E-state index is 11.9. The molecule has 2 aromatic rings. The van der Waals surface area contributed by atoms with Crippen LogP contribution >= 0.6 is 0 Å². The van der Waals surface area contributed by atoms with Crippen LogP contribution in [-0.4, -0.2) is 24.0 Å². The second kappa shape index (κ2) is 5.63. The average molecular weight is 273 g/mol. The molecule has 0 spiro atoms. The van der Waals surface area contributed by atoms with Crippen molar-refractivity contribution in [3.05, 3.63) is 24.1 Å². The van der Waals surface area contributed by atoms with Crippen LogP contribution < -0.4 is 10.6 Å². The highest BCUT2D eigenvalue weighted by molar-refractivity contribution is 5.92. The Balaban J connectivity index is 1.58. The molecule has 20 heavy (non-hydrogen) atoms. The minimum atomic E-state index is 0.0662. The van der Waals surface area contributed by atoms with Gasteiger partial charge >= 0.3 is 0 Å². The first kappa shape index (κ1) is 13.1. The molecule has 0 aliphatic carbocycles. The second-order valence-electron chi connectivity index (χ2n) is 5.36. The SMILES string of the molecule is Cc1nc2cc(NC(=O)CCC3CCNC3)ccc2o1. The zero-order valence-corrected chi connectivity index (χ0v) is 11.6. The Bertz CT molecular complexity index is 615. The number of hydrogen-bond acceptors (Lipinski definition) is 4. The van der Waals surface area contributed by atoms with E-state index in [-0.39, 0.29) is 5.91 Å². The zero-order chi connectivity index (χ0) is 13.9. The number of anilines is 1. The molecule has 1 unspecified atom stereocenters. The van der Waals surface area contributed by atoms with Crippen molar-refractivity contribution < 1.29 is 9.21 Å². The molecule has 5 nitrogen and oxygen atoms in total. The van der Waals surface area contributed by atoms with Gasteiger partial charge in [0.05, 0.1) is 0 Å². The Kier molecular flexibility index (Phi) is 3.69. The maximum atomic E-state index is 11.9. The fraction of sp³-hybridized carbons (Fsp3) is 0.467. The molecule has 0 bridgehead atoms.